The summed E-state index contributed by atoms with van der Waals surface area (Å²) in [6.45, 7) is 0. The van der Waals surface area contributed by atoms with Crippen LogP contribution in [0.2, 0.25) is 0 Å². The lowest BCUT2D eigenvalue weighted by atomic mass is 10.1. The number of nitrogens with one attached hydrogen (secondary N) is 1. The number of fused-ring (bicyclic) bond motifs is 1. The molecule has 1 unspecified atom stereocenters. The van der Waals surface area contributed by atoms with Crippen LogP contribution in [0, 0.1) is 0 Å². The van der Waals surface area contributed by atoms with Gasteiger partial charge in [-0.25, -0.2) is 0 Å². The van der Waals surface area contributed by atoms with E-state index < -0.39 is 6.10 Å². The summed E-state index contributed by atoms with van der Waals surface area (Å²) in [7, 11) is 3.57. The topological polar surface area (TPSA) is 61.8 Å². The lowest BCUT2D eigenvalue weighted by molar-refractivity contribution is -0.123. The van der Waals surface area contributed by atoms with Crippen LogP contribution in [0.25, 0.3) is 0 Å². The summed E-state index contributed by atoms with van der Waals surface area (Å²) in [6.07, 6.45) is -1.07. The average molecular weight is 284 g/mol. The van der Waals surface area contributed by atoms with E-state index >= 15 is 0 Å². The third-order valence-corrected chi connectivity index (χ3v) is 3.68. The van der Waals surface area contributed by atoms with Crippen LogP contribution in [0.5, 0.6) is 5.75 Å². The third kappa shape index (κ3) is 2.32. The highest BCUT2D eigenvalue weighted by molar-refractivity contribution is 6.02. The standard InChI is InChI=1S/C16H16N2O3/c1-18(10-3-6-12(21-2)7-4-10)11-5-8-13-14(9-11)17-16(20)15(13)19/h3-9,15,19H,1-2H3,(H,17,20). The highest BCUT2D eigenvalue weighted by Crippen LogP contribution is 2.35. The largest absolute Gasteiger partial charge is 0.497 e. The van der Waals surface area contributed by atoms with Gasteiger partial charge in [0.05, 0.1) is 7.11 Å². The summed E-state index contributed by atoms with van der Waals surface area (Å²) in [5, 5.41) is 12.4. The highest BCUT2D eigenvalue weighted by Gasteiger charge is 2.28. The number of methoxy groups -OCH3 is 1. The van der Waals surface area contributed by atoms with Crippen molar-refractivity contribution in [1.29, 1.82) is 0 Å². The molecule has 1 atom stereocenters. The Morgan fingerprint density at radius 1 is 1.14 bits per heavy atom. The van der Waals surface area contributed by atoms with Crippen molar-refractivity contribution in [1.82, 2.24) is 0 Å². The van der Waals surface area contributed by atoms with E-state index in [1.807, 2.05) is 48.3 Å². The Balaban J connectivity index is 1.90. The van der Waals surface area contributed by atoms with Crippen LogP contribution in [-0.2, 0) is 4.79 Å². The van der Waals surface area contributed by atoms with Crippen LogP contribution in [-0.4, -0.2) is 25.2 Å². The minimum absolute atomic E-state index is 0.380. The van der Waals surface area contributed by atoms with Crippen LogP contribution in [0.15, 0.2) is 42.5 Å². The van der Waals surface area contributed by atoms with Crippen molar-refractivity contribution < 1.29 is 14.6 Å². The number of aliphatic hydroxyl groups is 1. The van der Waals surface area contributed by atoms with Crippen LogP contribution >= 0.6 is 0 Å². The van der Waals surface area contributed by atoms with Gasteiger partial charge in [-0.1, -0.05) is 6.07 Å². The fraction of sp³-hybridized carbons (Fsp3) is 0.188. The number of ether oxygens (including phenoxy) is 1. The fourth-order valence-corrected chi connectivity index (χ4v) is 2.40. The first kappa shape index (κ1) is 13.5. The Bertz CT molecular complexity index is 682. The number of aliphatic hydroxyl groups excluding tert-OH is 1. The molecule has 0 aromatic heterocycles. The molecular weight excluding hydrogens is 268 g/mol. The molecular formula is C16H16N2O3. The van der Waals surface area contributed by atoms with E-state index in [-0.39, 0.29) is 5.91 Å². The van der Waals surface area contributed by atoms with Gasteiger partial charge in [0.15, 0.2) is 6.10 Å². The van der Waals surface area contributed by atoms with E-state index in [2.05, 4.69) is 5.32 Å². The lowest BCUT2D eigenvalue weighted by Crippen LogP contribution is -2.10. The zero-order valence-electron chi connectivity index (χ0n) is 11.8. The van der Waals surface area contributed by atoms with E-state index in [0.29, 0.717) is 11.3 Å². The van der Waals surface area contributed by atoms with E-state index in [0.717, 1.165) is 17.1 Å². The fourth-order valence-electron chi connectivity index (χ4n) is 2.40. The van der Waals surface area contributed by atoms with Gasteiger partial charge >= 0.3 is 0 Å². The molecule has 21 heavy (non-hydrogen) atoms. The first-order valence-corrected chi connectivity index (χ1v) is 6.61. The van der Waals surface area contributed by atoms with Gasteiger partial charge in [0.2, 0.25) is 0 Å². The van der Waals surface area contributed by atoms with Crippen molar-refractivity contribution in [3.05, 3.63) is 48.0 Å². The number of rotatable bonds is 3. The number of amides is 1. The molecule has 5 nitrogen and oxygen atoms in total. The van der Waals surface area contributed by atoms with Gasteiger partial charge in [-0.3, -0.25) is 4.79 Å². The van der Waals surface area contributed by atoms with Gasteiger partial charge in [0.25, 0.3) is 5.91 Å². The highest BCUT2D eigenvalue weighted by atomic mass is 16.5. The molecule has 1 amide bonds. The summed E-state index contributed by atoms with van der Waals surface area (Å²) in [6, 6.07) is 13.2. The summed E-state index contributed by atoms with van der Waals surface area (Å²) in [4.78, 5) is 13.5. The molecule has 0 fully saturated rings. The maximum Gasteiger partial charge on any atom is 0.257 e. The molecule has 0 spiro atoms. The summed E-state index contributed by atoms with van der Waals surface area (Å²) in [5.41, 5.74) is 3.20. The second kappa shape index (κ2) is 5.10. The van der Waals surface area contributed by atoms with Gasteiger partial charge < -0.3 is 20.1 Å². The summed E-state index contributed by atoms with van der Waals surface area (Å²) >= 11 is 0. The molecule has 5 heteroatoms. The molecule has 108 valence electrons. The van der Waals surface area contributed by atoms with E-state index in [4.69, 9.17) is 4.74 Å². The van der Waals surface area contributed by atoms with Gasteiger partial charge in [-0.15, -0.1) is 0 Å². The first-order chi connectivity index (χ1) is 10.1. The van der Waals surface area contributed by atoms with Crippen molar-refractivity contribution in [2.45, 2.75) is 6.10 Å². The Hall–Kier alpha value is -2.53. The Morgan fingerprint density at radius 3 is 2.48 bits per heavy atom. The molecule has 2 aromatic carbocycles. The van der Waals surface area contributed by atoms with Gasteiger partial charge in [0.1, 0.15) is 5.75 Å². The van der Waals surface area contributed by atoms with Crippen LogP contribution < -0.4 is 15.0 Å². The van der Waals surface area contributed by atoms with Crippen LogP contribution in [0.4, 0.5) is 17.1 Å². The molecule has 0 aliphatic carbocycles. The minimum atomic E-state index is -1.07. The first-order valence-electron chi connectivity index (χ1n) is 6.61. The van der Waals surface area contributed by atoms with Crippen molar-refractivity contribution >= 4 is 23.0 Å². The number of hydrogen-bond acceptors (Lipinski definition) is 4. The minimum Gasteiger partial charge on any atom is -0.497 e. The molecule has 2 N–H and O–H groups in total. The number of hydrogen-bond donors (Lipinski definition) is 2. The smallest absolute Gasteiger partial charge is 0.257 e. The van der Waals surface area contributed by atoms with E-state index in [1.165, 1.54) is 0 Å². The number of carbonyl (C=O) groups excluding carboxylic acids is 1. The van der Waals surface area contributed by atoms with Gasteiger partial charge in [-0.2, -0.15) is 0 Å². The van der Waals surface area contributed by atoms with Crippen LogP contribution in [0.3, 0.4) is 0 Å². The second-order valence-electron chi connectivity index (χ2n) is 4.92. The Labute approximate surface area is 122 Å². The quantitative estimate of drug-likeness (QED) is 0.909. The maximum absolute atomic E-state index is 11.5. The molecule has 0 saturated heterocycles. The molecule has 1 aliphatic heterocycles. The maximum atomic E-state index is 11.5. The normalized spacial score (nSPS) is 16.3. The molecule has 3 rings (SSSR count). The molecule has 2 aromatic rings. The predicted molar refractivity (Wildman–Crippen MR) is 81.1 cm³/mol. The van der Waals surface area contributed by atoms with Crippen molar-refractivity contribution in [3.63, 3.8) is 0 Å². The predicted octanol–water partition coefficient (Wildman–Crippen LogP) is 2.45. The molecule has 0 radical (unpaired) electrons. The Kier molecular flexibility index (Phi) is 3.27. The van der Waals surface area contributed by atoms with Crippen molar-refractivity contribution in [2.75, 3.05) is 24.4 Å². The second-order valence-corrected chi connectivity index (χ2v) is 4.92. The van der Waals surface area contributed by atoms with Gasteiger partial charge in [0, 0.05) is 29.7 Å². The molecule has 1 aliphatic rings. The number of anilines is 3. The lowest BCUT2D eigenvalue weighted by Gasteiger charge is -2.20. The molecule has 0 bridgehead atoms. The monoisotopic (exact) mass is 284 g/mol. The van der Waals surface area contributed by atoms with Crippen molar-refractivity contribution in [2.24, 2.45) is 0 Å². The zero-order chi connectivity index (χ0) is 15.0. The molecule has 0 saturated carbocycles. The van der Waals surface area contributed by atoms with Gasteiger partial charge in [-0.05, 0) is 36.4 Å². The number of benzene rings is 2. The summed E-state index contributed by atoms with van der Waals surface area (Å²) in [5.74, 6) is 0.422. The van der Waals surface area contributed by atoms with Crippen molar-refractivity contribution in [3.8, 4) is 5.75 Å². The molecule has 1 heterocycles. The third-order valence-electron chi connectivity index (χ3n) is 3.68. The van der Waals surface area contributed by atoms with E-state index in [9.17, 15) is 9.90 Å². The number of carbonyl (C=O) groups is 1. The Morgan fingerprint density at radius 2 is 1.81 bits per heavy atom. The average Bonchev–Trinajstić information content (AvgIpc) is 2.81. The SMILES string of the molecule is COc1ccc(N(C)c2ccc3c(c2)NC(=O)C3O)cc1. The number of nitrogens with zero attached hydrogens (tertiary/aromatic N) is 1. The van der Waals surface area contributed by atoms with Crippen LogP contribution in [0.1, 0.15) is 11.7 Å². The summed E-state index contributed by atoms with van der Waals surface area (Å²) < 4.78 is 5.14. The zero-order valence-corrected chi connectivity index (χ0v) is 11.8. The van der Waals surface area contributed by atoms with E-state index in [1.54, 1.807) is 13.2 Å².